The van der Waals surface area contributed by atoms with Crippen molar-refractivity contribution in [2.75, 3.05) is 31.3 Å². The Balaban J connectivity index is 2.74. The van der Waals surface area contributed by atoms with Crippen LogP contribution >= 0.6 is 0 Å². The Hall–Kier alpha value is -1.98. The normalized spacial score (nSPS) is 10.4. The van der Waals surface area contributed by atoms with Crippen molar-refractivity contribution in [2.45, 2.75) is 26.4 Å². The van der Waals surface area contributed by atoms with E-state index in [9.17, 15) is 4.79 Å². The molecule has 0 radical (unpaired) electrons. The van der Waals surface area contributed by atoms with Crippen LogP contribution in [-0.2, 0) is 4.79 Å². The molecule has 106 valence electrons. The molecule has 0 aliphatic rings. The zero-order chi connectivity index (χ0) is 14.4. The van der Waals surface area contributed by atoms with Crippen molar-refractivity contribution in [3.63, 3.8) is 0 Å². The molecule has 1 aromatic heterocycles. The lowest BCUT2D eigenvalue weighted by Crippen LogP contribution is -2.27. The Kier molecular flexibility index (Phi) is 5.41. The van der Waals surface area contributed by atoms with E-state index < -0.39 is 0 Å². The number of nitrogens with one attached hydrogen (secondary N) is 1. The van der Waals surface area contributed by atoms with Crippen LogP contribution in [0.3, 0.4) is 0 Å². The number of amides is 1. The summed E-state index contributed by atoms with van der Waals surface area (Å²) in [6, 6.07) is 3.57. The molecule has 1 aromatic rings. The Morgan fingerprint density at radius 3 is 2.79 bits per heavy atom. The van der Waals surface area contributed by atoms with Gasteiger partial charge in [-0.05, 0) is 26.0 Å². The summed E-state index contributed by atoms with van der Waals surface area (Å²) in [4.78, 5) is 17.5. The maximum absolute atomic E-state index is 11.2. The molecule has 1 rings (SSSR count). The maximum Gasteiger partial charge on any atom is 0.239 e. The molecular weight excluding hydrogens is 244 g/mol. The quantitative estimate of drug-likeness (QED) is 0.803. The molecule has 0 saturated carbocycles. The zero-order valence-corrected chi connectivity index (χ0v) is 11.9. The monoisotopic (exact) mass is 266 g/mol. The minimum atomic E-state index is 0.000879. The molecule has 0 unspecified atom stereocenters. The second-order valence-electron chi connectivity index (χ2n) is 4.58. The largest absolute Gasteiger partial charge is 0.473 e. The molecule has 0 aliphatic heterocycles. The number of carbonyl (C=O) groups is 1. The first-order valence-corrected chi connectivity index (χ1v) is 6.29. The standard InChI is InChI=1S/C13H22N4O2/c1-9(2)19-13-10(14)5-6-11(16-13)17(4)8-7-12(18)15-3/h5-6,9H,7-8,14H2,1-4H3,(H,15,18). The van der Waals surface area contributed by atoms with E-state index in [1.807, 2.05) is 31.9 Å². The predicted molar refractivity (Wildman–Crippen MR) is 76.4 cm³/mol. The smallest absolute Gasteiger partial charge is 0.239 e. The van der Waals surface area contributed by atoms with E-state index in [1.165, 1.54) is 0 Å². The predicted octanol–water partition coefficient (Wildman–Crippen LogP) is 1.02. The minimum absolute atomic E-state index is 0.000879. The minimum Gasteiger partial charge on any atom is -0.473 e. The number of hydrogen-bond acceptors (Lipinski definition) is 5. The fourth-order valence-corrected chi connectivity index (χ4v) is 1.48. The first-order valence-electron chi connectivity index (χ1n) is 6.29. The number of aromatic nitrogens is 1. The van der Waals surface area contributed by atoms with Crippen LogP contribution in [0.25, 0.3) is 0 Å². The van der Waals surface area contributed by atoms with Crippen molar-refractivity contribution in [2.24, 2.45) is 0 Å². The highest BCUT2D eigenvalue weighted by Gasteiger charge is 2.10. The summed E-state index contributed by atoms with van der Waals surface area (Å²) in [5.41, 5.74) is 6.32. The fourth-order valence-electron chi connectivity index (χ4n) is 1.48. The van der Waals surface area contributed by atoms with Gasteiger partial charge in [0.25, 0.3) is 0 Å². The number of anilines is 2. The summed E-state index contributed by atoms with van der Waals surface area (Å²) < 4.78 is 5.54. The fraction of sp³-hybridized carbons (Fsp3) is 0.538. The highest BCUT2D eigenvalue weighted by Crippen LogP contribution is 2.23. The van der Waals surface area contributed by atoms with Gasteiger partial charge in [-0.2, -0.15) is 4.98 Å². The van der Waals surface area contributed by atoms with E-state index in [-0.39, 0.29) is 12.0 Å². The average molecular weight is 266 g/mol. The molecule has 0 aliphatic carbocycles. The summed E-state index contributed by atoms with van der Waals surface area (Å²) in [5.74, 6) is 1.16. The highest BCUT2D eigenvalue weighted by atomic mass is 16.5. The molecule has 0 spiro atoms. The first kappa shape index (κ1) is 15.1. The summed E-state index contributed by atoms with van der Waals surface area (Å²) in [6.45, 7) is 4.42. The van der Waals surface area contributed by atoms with Crippen LogP contribution in [0, 0.1) is 0 Å². The number of nitrogens with two attached hydrogens (primary N) is 1. The van der Waals surface area contributed by atoms with Crippen LogP contribution in [-0.4, -0.2) is 37.6 Å². The highest BCUT2D eigenvalue weighted by molar-refractivity contribution is 5.76. The Morgan fingerprint density at radius 2 is 2.21 bits per heavy atom. The zero-order valence-electron chi connectivity index (χ0n) is 11.9. The van der Waals surface area contributed by atoms with Gasteiger partial charge in [0.2, 0.25) is 11.8 Å². The van der Waals surface area contributed by atoms with Gasteiger partial charge in [0, 0.05) is 27.1 Å². The molecule has 0 saturated heterocycles. The van der Waals surface area contributed by atoms with Crippen molar-refractivity contribution in [3.05, 3.63) is 12.1 Å². The van der Waals surface area contributed by atoms with E-state index in [0.29, 0.717) is 24.5 Å². The molecule has 19 heavy (non-hydrogen) atoms. The number of pyridine rings is 1. The summed E-state index contributed by atoms with van der Waals surface area (Å²) in [6.07, 6.45) is 0.431. The van der Waals surface area contributed by atoms with Crippen molar-refractivity contribution in [3.8, 4) is 5.88 Å². The van der Waals surface area contributed by atoms with Crippen LogP contribution in [0.1, 0.15) is 20.3 Å². The number of ether oxygens (including phenoxy) is 1. The van der Waals surface area contributed by atoms with Crippen LogP contribution < -0.4 is 20.7 Å². The number of carbonyl (C=O) groups excluding carboxylic acids is 1. The number of hydrogen-bond donors (Lipinski definition) is 2. The van der Waals surface area contributed by atoms with E-state index in [2.05, 4.69) is 10.3 Å². The van der Waals surface area contributed by atoms with E-state index >= 15 is 0 Å². The third-order valence-corrected chi connectivity index (χ3v) is 2.57. The van der Waals surface area contributed by atoms with Gasteiger partial charge in [-0.15, -0.1) is 0 Å². The molecule has 6 nitrogen and oxygen atoms in total. The lowest BCUT2D eigenvalue weighted by atomic mass is 10.3. The summed E-state index contributed by atoms with van der Waals surface area (Å²) in [7, 11) is 3.50. The van der Waals surface area contributed by atoms with Gasteiger partial charge >= 0.3 is 0 Å². The van der Waals surface area contributed by atoms with Gasteiger partial charge in [-0.25, -0.2) is 0 Å². The van der Waals surface area contributed by atoms with Gasteiger partial charge < -0.3 is 20.7 Å². The molecule has 0 atom stereocenters. The second-order valence-corrected chi connectivity index (χ2v) is 4.58. The van der Waals surface area contributed by atoms with Gasteiger partial charge in [0.1, 0.15) is 5.82 Å². The van der Waals surface area contributed by atoms with Crippen molar-refractivity contribution >= 4 is 17.4 Å². The van der Waals surface area contributed by atoms with Gasteiger partial charge in [-0.3, -0.25) is 4.79 Å². The molecule has 0 aromatic carbocycles. The number of nitrogens with zero attached hydrogens (tertiary/aromatic N) is 2. The molecule has 0 fully saturated rings. The van der Waals surface area contributed by atoms with Gasteiger partial charge in [0.15, 0.2) is 0 Å². The van der Waals surface area contributed by atoms with Crippen LogP contribution in [0.2, 0.25) is 0 Å². The average Bonchev–Trinajstić information content (AvgIpc) is 2.37. The second kappa shape index (κ2) is 6.82. The lowest BCUT2D eigenvalue weighted by molar-refractivity contribution is -0.120. The summed E-state index contributed by atoms with van der Waals surface area (Å²) in [5, 5.41) is 2.59. The van der Waals surface area contributed by atoms with Crippen LogP contribution in [0.15, 0.2) is 12.1 Å². The molecular formula is C13H22N4O2. The van der Waals surface area contributed by atoms with Crippen LogP contribution in [0.4, 0.5) is 11.5 Å². The lowest BCUT2D eigenvalue weighted by Gasteiger charge is -2.19. The van der Waals surface area contributed by atoms with Crippen molar-refractivity contribution < 1.29 is 9.53 Å². The van der Waals surface area contributed by atoms with Gasteiger partial charge in [-0.1, -0.05) is 0 Å². The number of rotatable bonds is 6. The Morgan fingerprint density at radius 1 is 1.53 bits per heavy atom. The third kappa shape index (κ3) is 4.65. The van der Waals surface area contributed by atoms with E-state index in [4.69, 9.17) is 10.5 Å². The maximum atomic E-state index is 11.2. The Bertz CT molecular complexity index is 435. The Labute approximate surface area is 113 Å². The molecule has 1 heterocycles. The molecule has 0 bridgehead atoms. The van der Waals surface area contributed by atoms with Crippen LogP contribution in [0.5, 0.6) is 5.88 Å². The molecule has 3 N–H and O–H groups in total. The van der Waals surface area contributed by atoms with E-state index in [0.717, 1.165) is 5.82 Å². The molecule has 1 amide bonds. The summed E-state index contributed by atoms with van der Waals surface area (Å²) >= 11 is 0. The van der Waals surface area contributed by atoms with Crippen molar-refractivity contribution in [1.29, 1.82) is 0 Å². The van der Waals surface area contributed by atoms with Crippen molar-refractivity contribution in [1.82, 2.24) is 10.3 Å². The third-order valence-electron chi connectivity index (χ3n) is 2.57. The van der Waals surface area contributed by atoms with Gasteiger partial charge in [0.05, 0.1) is 11.8 Å². The topological polar surface area (TPSA) is 80.5 Å². The molecule has 6 heteroatoms. The first-order chi connectivity index (χ1) is 8.93. The number of nitrogen functional groups attached to an aromatic ring is 1. The SMILES string of the molecule is CNC(=O)CCN(C)c1ccc(N)c(OC(C)C)n1. The van der Waals surface area contributed by atoms with E-state index in [1.54, 1.807) is 13.1 Å².